The monoisotopic (exact) mass is 394 g/mol. The lowest BCUT2D eigenvalue weighted by molar-refractivity contribution is 0.0526. The summed E-state index contributed by atoms with van der Waals surface area (Å²) in [6.07, 6.45) is 1.87. The highest BCUT2D eigenvalue weighted by Crippen LogP contribution is 2.25. The number of carbonyl (C=O) groups is 1. The van der Waals surface area contributed by atoms with E-state index in [1.165, 1.54) is 0 Å². The van der Waals surface area contributed by atoms with Gasteiger partial charge >= 0.3 is 5.97 Å². The lowest BCUT2D eigenvalue weighted by Crippen LogP contribution is -2.05. The van der Waals surface area contributed by atoms with Crippen LogP contribution in [0.3, 0.4) is 0 Å². The number of esters is 1. The Labute approximate surface area is 170 Å². The Morgan fingerprint density at radius 2 is 1.82 bits per heavy atom. The van der Waals surface area contributed by atoms with E-state index in [0.717, 1.165) is 33.9 Å². The predicted octanol–water partition coefficient (Wildman–Crippen LogP) is 5.98. The molecule has 0 bridgehead atoms. The first-order chi connectivity index (χ1) is 13.4. The Kier molecular flexibility index (Phi) is 6.00. The van der Waals surface area contributed by atoms with Crippen molar-refractivity contribution in [1.29, 1.82) is 0 Å². The summed E-state index contributed by atoms with van der Waals surface area (Å²) in [5, 5.41) is 0.671. The van der Waals surface area contributed by atoms with Crippen LogP contribution in [0.5, 0.6) is 0 Å². The van der Waals surface area contributed by atoms with Crippen molar-refractivity contribution in [3.05, 3.63) is 81.6 Å². The fraction of sp³-hybridized carbons (Fsp3) is 0.217. The maximum atomic E-state index is 11.8. The standard InChI is InChI=1S/C23H23ClN2O2/c1-5-28-23(27)18-7-10-21(11-8-18)26-16(3)12-19(17(26)4)14-25-22-13-20(24)9-6-15(22)2/h6-14H,5H2,1-4H3. The first kappa shape index (κ1) is 19.9. The van der Waals surface area contributed by atoms with Gasteiger partial charge in [0.25, 0.3) is 0 Å². The minimum absolute atomic E-state index is 0.306. The Bertz CT molecular complexity index is 1030. The normalized spacial score (nSPS) is 11.2. The van der Waals surface area contributed by atoms with Crippen LogP contribution in [0.4, 0.5) is 5.69 Å². The number of rotatable bonds is 5. The molecule has 1 aromatic heterocycles. The summed E-state index contributed by atoms with van der Waals surface area (Å²) in [5.74, 6) is -0.306. The van der Waals surface area contributed by atoms with Gasteiger partial charge in [0.2, 0.25) is 0 Å². The van der Waals surface area contributed by atoms with E-state index in [1.807, 2.05) is 50.4 Å². The lowest BCUT2D eigenvalue weighted by Gasteiger charge is -2.10. The summed E-state index contributed by atoms with van der Waals surface area (Å²) >= 11 is 6.08. The molecule has 0 unspecified atom stereocenters. The largest absolute Gasteiger partial charge is 0.462 e. The van der Waals surface area contributed by atoms with Gasteiger partial charge in [-0.1, -0.05) is 17.7 Å². The van der Waals surface area contributed by atoms with Crippen LogP contribution in [0.1, 0.15) is 39.8 Å². The Balaban J connectivity index is 1.91. The maximum Gasteiger partial charge on any atom is 0.338 e. The molecule has 0 aliphatic carbocycles. The molecule has 0 spiro atoms. The third kappa shape index (κ3) is 4.18. The summed E-state index contributed by atoms with van der Waals surface area (Å²) in [7, 11) is 0. The van der Waals surface area contributed by atoms with Crippen molar-refractivity contribution in [2.75, 3.05) is 6.61 Å². The molecule has 3 aromatic rings. The molecule has 0 fully saturated rings. The molecule has 2 aromatic carbocycles. The summed E-state index contributed by atoms with van der Waals surface area (Å²) in [6, 6.07) is 15.2. The fourth-order valence-corrected chi connectivity index (χ4v) is 3.30. The van der Waals surface area contributed by atoms with Gasteiger partial charge in [-0.05, 0) is 75.7 Å². The zero-order valence-corrected chi connectivity index (χ0v) is 17.2. The number of halogens is 1. The van der Waals surface area contributed by atoms with Gasteiger partial charge in [-0.2, -0.15) is 0 Å². The summed E-state index contributed by atoms with van der Waals surface area (Å²) in [5.41, 5.74) is 6.66. The molecule has 0 saturated carbocycles. The van der Waals surface area contributed by atoms with Gasteiger partial charge in [0.05, 0.1) is 17.9 Å². The van der Waals surface area contributed by atoms with Crippen LogP contribution in [0.25, 0.3) is 5.69 Å². The van der Waals surface area contributed by atoms with Crippen molar-refractivity contribution >= 4 is 29.5 Å². The van der Waals surface area contributed by atoms with E-state index in [2.05, 4.69) is 22.5 Å². The van der Waals surface area contributed by atoms with Gasteiger partial charge in [-0.3, -0.25) is 4.99 Å². The third-order valence-electron chi connectivity index (χ3n) is 4.62. The molecule has 144 valence electrons. The van der Waals surface area contributed by atoms with Crippen LogP contribution in [-0.2, 0) is 4.74 Å². The second kappa shape index (κ2) is 8.44. The van der Waals surface area contributed by atoms with Gasteiger partial charge in [-0.15, -0.1) is 0 Å². The first-order valence-corrected chi connectivity index (χ1v) is 9.55. The predicted molar refractivity (Wildman–Crippen MR) is 115 cm³/mol. The van der Waals surface area contributed by atoms with Crippen LogP contribution in [-0.4, -0.2) is 23.4 Å². The average molecular weight is 395 g/mol. The fourth-order valence-electron chi connectivity index (χ4n) is 3.14. The molecule has 0 aliphatic heterocycles. The van der Waals surface area contributed by atoms with Crippen LogP contribution in [0.15, 0.2) is 53.5 Å². The van der Waals surface area contributed by atoms with Crippen LogP contribution >= 0.6 is 11.6 Å². The molecule has 0 radical (unpaired) electrons. The van der Waals surface area contributed by atoms with E-state index in [9.17, 15) is 4.79 Å². The van der Waals surface area contributed by atoms with Crippen LogP contribution in [0.2, 0.25) is 5.02 Å². The SMILES string of the molecule is CCOC(=O)c1ccc(-n2c(C)cc(C=Nc3cc(Cl)ccc3C)c2C)cc1. The van der Waals surface area contributed by atoms with Crippen LogP contribution < -0.4 is 0 Å². The molecule has 0 saturated heterocycles. The van der Waals surface area contributed by atoms with Gasteiger partial charge in [-0.25, -0.2) is 4.79 Å². The smallest absolute Gasteiger partial charge is 0.338 e. The van der Waals surface area contributed by atoms with E-state index >= 15 is 0 Å². The van der Waals surface area contributed by atoms with Gasteiger partial charge in [0.15, 0.2) is 0 Å². The number of carbonyl (C=O) groups excluding carboxylic acids is 1. The van der Waals surface area contributed by atoms with Gasteiger partial charge < -0.3 is 9.30 Å². The Morgan fingerprint density at radius 1 is 1.11 bits per heavy atom. The van der Waals surface area contributed by atoms with Crippen molar-refractivity contribution < 1.29 is 9.53 Å². The molecule has 5 heteroatoms. The lowest BCUT2D eigenvalue weighted by atomic mass is 10.2. The first-order valence-electron chi connectivity index (χ1n) is 9.17. The summed E-state index contributed by atoms with van der Waals surface area (Å²) in [4.78, 5) is 16.5. The summed E-state index contributed by atoms with van der Waals surface area (Å²) < 4.78 is 7.18. The van der Waals surface area contributed by atoms with E-state index in [0.29, 0.717) is 17.2 Å². The number of ether oxygens (including phenoxy) is 1. The summed E-state index contributed by atoms with van der Waals surface area (Å²) in [6.45, 7) is 8.28. The number of hydrogen-bond donors (Lipinski definition) is 0. The highest BCUT2D eigenvalue weighted by molar-refractivity contribution is 6.30. The van der Waals surface area contributed by atoms with E-state index in [-0.39, 0.29) is 5.97 Å². The highest BCUT2D eigenvalue weighted by Gasteiger charge is 2.11. The third-order valence-corrected chi connectivity index (χ3v) is 4.86. The number of nitrogens with zero attached hydrogens (tertiary/aromatic N) is 2. The van der Waals surface area contributed by atoms with Gasteiger partial charge in [0, 0.05) is 33.9 Å². The molecule has 28 heavy (non-hydrogen) atoms. The van der Waals surface area contributed by atoms with Gasteiger partial charge in [0.1, 0.15) is 0 Å². The number of benzene rings is 2. The minimum Gasteiger partial charge on any atom is -0.462 e. The molecule has 4 nitrogen and oxygen atoms in total. The number of hydrogen-bond acceptors (Lipinski definition) is 3. The number of aliphatic imine (C=N–C) groups is 1. The molecule has 3 rings (SSSR count). The molecule has 0 amide bonds. The molecule has 0 aliphatic rings. The van der Waals surface area contributed by atoms with E-state index in [4.69, 9.17) is 16.3 Å². The van der Waals surface area contributed by atoms with Crippen LogP contribution in [0, 0.1) is 20.8 Å². The van der Waals surface area contributed by atoms with Crippen molar-refractivity contribution in [2.45, 2.75) is 27.7 Å². The molecule has 1 heterocycles. The second-order valence-corrected chi connectivity index (χ2v) is 7.05. The van der Waals surface area contributed by atoms with E-state index < -0.39 is 0 Å². The minimum atomic E-state index is -0.306. The van der Waals surface area contributed by atoms with Crippen molar-refractivity contribution in [3.63, 3.8) is 0 Å². The molecule has 0 atom stereocenters. The Hall–Kier alpha value is -2.85. The zero-order valence-electron chi connectivity index (χ0n) is 16.5. The topological polar surface area (TPSA) is 43.6 Å². The number of aromatic nitrogens is 1. The molecular formula is C23H23ClN2O2. The molecular weight excluding hydrogens is 372 g/mol. The average Bonchev–Trinajstić information content (AvgIpc) is 2.96. The second-order valence-electron chi connectivity index (χ2n) is 6.62. The molecule has 0 N–H and O–H groups in total. The van der Waals surface area contributed by atoms with Crippen molar-refractivity contribution in [3.8, 4) is 5.69 Å². The van der Waals surface area contributed by atoms with E-state index in [1.54, 1.807) is 19.1 Å². The van der Waals surface area contributed by atoms with Crippen molar-refractivity contribution in [2.24, 2.45) is 4.99 Å². The number of aryl methyl sites for hydroxylation is 2. The van der Waals surface area contributed by atoms with Crippen molar-refractivity contribution in [1.82, 2.24) is 4.57 Å². The Morgan fingerprint density at radius 3 is 2.50 bits per heavy atom. The maximum absolute atomic E-state index is 11.8. The quantitative estimate of drug-likeness (QED) is 0.394. The highest BCUT2D eigenvalue weighted by atomic mass is 35.5. The zero-order chi connectivity index (χ0) is 20.3.